The first-order chi connectivity index (χ1) is 13.5. The first kappa shape index (κ1) is 21.1. The molecule has 1 saturated heterocycles. The van der Waals surface area contributed by atoms with Crippen molar-refractivity contribution >= 4 is 47.3 Å². The molecule has 0 bridgehead atoms. The third-order valence-corrected chi connectivity index (χ3v) is 4.93. The molecule has 6 nitrogen and oxygen atoms in total. The second kappa shape index (κ2) is 8.84. The molecule has 1 unspecified atom stereocenters. The van der Waals surface area contributed by atoms with Gasteiger partial charge in [0.2, 0.25) is 18.2 Å². The van der Waals surface area contributed by atoms with Gasteiger partial charge in [0, 0.05) is 24.5 Å². The topological polar surface area (TPSA) is 69.2 Å². The van der Waals surface area contributed by atoms with Gasteiger partial charge in [0.15, 0.2) is 0 Å². The first-order valence-electron chi connectivity index (χ1n) is 8.94. The maximum atomic E-state index is 13.5. The molecule has 0 aromatic heterocycles. The number of nitrogens with two attached hydrogens (primary N) is 1. The highest BCUT2D eigenvalue weighted by atomic mass is 35.5. The number of guanidine groups is 2. The molecule has 154 valence electrons. The zero-order valence-electron chi connectivity index (χ0n) is 15.4. The molecule has 10 heteroatoms. The van der Waals surface area contributed by atoms with E-state index in [1.165, 1.54) is 24.3 Å². The summed E-state index contributed by atoms with van der Waals surface area (Å²) in [6.07, 6.45) is 1.46. The van der Waals surface area contributed by atoms with Crippen molar-refractivity contribution in [2.75, 3.05) is 23.3 Å². The summed E-state index contributed by atoms with van der Waals surface area (Å²) in [5.41, 5.74) is 7.25. The highest BCUT2D eigenvalue weighted by Gasteiger charge is 2.32. The van der Waals surface area contributed by atoms with E-state index in [0.29, 0.717) is 17.3 Å². The van der Waals surface area contributed by atoms with Crippen LogP contribution in [0.1, 0.15) is 12.8 Å². The standard InChI is InChI=1S/C19H19ClF2N6.ClH/c20-15-11-13(5-8-16(15)22)24-18-25-17(23)26-19(27-9-1-2-10-27)28(18)14-6-3-12(21)4-7-14;/h3-8,11,18,24H,1-2,9-10H2,(H2,23,25);1H. The number of halogens is 4. The van der Waals surface area contributed by atoms with Crippen molar-refractivity contribution in [3.05, 3.63) is 59.1 Å². The summed E-state index contributed by atoms with van der Waals surface area (Å²) in [6.45, 7) is 1.69. The Morgan fingerprint density at radius 1 is 1.07 bits per heavy atom. The van der Waals surface area contributed by atoms with Gasteiger partial charge in [-0.2, -0.15) is 4.99 Å². The number of nitrogens with one attached hydrogen (secondary N) is 1. The Hall–Kier alpha value is -2.58. The van der Waals surface area contributed by atoms with Gasteiger partial charge in [-0.25, -0.2) is 13.8 Å². The van der Waals surface area contributed by atoms with Crippen LogP contribution in [0, 0.1) is 11.6 Å². The molecule has 2 aliphatic rings. The number of benzene rings is 2. The zero-order chi connectivity index (χ0) is 19.7. The van der Waals surface area contributed by atoms with E-state index >= 15 is 0 Å². The summed E-state index contributed by atoms with van der Waals surface area (Å²) in [5.74, 6) is -0.0693. The minimum absolute atomic E-state index is 0. The number of rotatable bonds is 3. The molecular formula is C19H20Cl2F2N6. The maximum absolute atomic E-state index is 13.5. The summed E-state index contributed by atoms with van der Waals surface area (Å²) >= 11 is 5.90. The molecule has 2 aliphatic heterocycles. The van der Waals surface area contributed by atoms with Gasteiger partial charge in [-0.05, 0) is 55.3 Å². The van der Waals surface area contributed by atoms with Crippen LogP contribution in [0.5, 0.6) is 0 Å². The van der Waals surface area contributed by atoms with Crippen LogP contribution in [-0.2, 0) is 0 Å². The molecule has 3 N–H and O–H groups in total. The smallest absolute Gasteiger partial charge is 0.222 e. The fourth-order valence-corrected chi connectivity index (χ4v) is 3.49. The van der Waals surface area contributed by atoms with E-state index in [1.807, 2.05) is 4.90 Å². The highest BCUT2D eigenvalue weighted by molar-refractivity contribution is 6.31. The maximum Gasteiger partial charge on any atom is 0.222 e. The minimum Gasteiger partial charge on any atom is -0.368 e. The lowest BCUT2D eigenvalue weighted by molar-refractivity contribution is 0.497. The molecule has 0 aliphatic carbocycles. The van der Waals surface area contributed by atoms with Crippen LogP contribution in [-0.4, -0.2) is 36.2 Å². The molecule has 4 rings (SSSR count). The monoisotopic (exact) mass is 440 g/mol. The van der Waals surface area contributed by atoms with E-state index in [1.54, 1.807) is 18.2 Å². The van der Waals surface area contributed by atoms with Crippen molar-refractivity contribution < 1.29 is 8.78 Å². The van der Waals surface area contributed by atoms with Crippen molar-refractivity contribution in [2.45, 2.75) is 19.1 Å². The molecule has 1 fully saturated rings. The van der Waals surface area contributed by atoms with E-state index in [4.69, 9.17) is 17.3 Å². The third-order valence-electron chi connectivity index (χ3n) is 4.64. The second-order valence-electron chi connectivity index (χ2n) is 6.59. The van der Waals surface area contributed by atoms with Gasteiger partial charge in [-0.15, -0.1) is 12.4 Å². The highest BCUT2D eigenvalue weighted by Crippen LogP contribution is 2.27. The van der Waals surface area contributed by atoms with E-state index < -0.39 is 12.1 Å². The quantitative estimate of drug-likeness (QED) is 0.755. The van der Waals surface area contributed by atoms with Crippen LogP contribution in [0.3, 0.4) is 0 Å². The summed E-state index contributed by atoms with van der Waals surface area (Å²) in [5, 5.41) is 3.20. The number of hydrogen-bond acceptors (Lipinski definition) is 6. The molecule has 0 saturated carbocycles. The average Bonchev–Trinajstić information content (AvgIpc) is 3.20. The van der Waals surface area contributed by atoms with Crippen molar-refractivity contribution in [3.63, 3.8) is 0 Å². The van der Waals surface area contributed by atoms with Gasteiger partial charge in [0.25, 0.3) is 0 Å². The summed E-state index contributed by atoms with van der Waals surface area (Å²) in [6, 6.07) is 10.4. The molecule has 2 aromatic rings. The van der Waals surface area contributed by atoms with Crippen molar-refractivity contribution in [2.24, 2.45) is 15.7 Å². The van der Waals surface area contributed by atoms with Crippen LogP contribution >= 0.6 is 24.0 Å². The number of likely N-dealkylation sites (tertiary alicyclic amines) is 1. The van der Waals surface area contributed by atoms with Crippen LogP contribution < -0.4 is 16.0 Å². The molecule has 0 amide bonds. The van der Waals surface area contributed by atoms with Gasteiger partial charge in [0.05, 0.1) is 5.02 Å². The fraction of sp³-hybridized carbons (Fsp3) is 0.263. The van der Waals surface area contributed by atoms with E-state index in [9.17, 15) is 8.78 Å². The van der Waals surface area contributed by atoms with Crippen LogP contribution in [0.25, 0.3) is 0 Å². The Bertz CT molecular complexity index is 929. The van der Waals surface area contributed by atoms with Gasteiger partial charge in [-0.3, -0.25) is 4.90 Å². The van der Waals surface area contributed by atoms with Crippen LogP contribution in [0.2, 0.25) is 5.02 Å². The van der Waals surface area contributed by atoms with E-state index in [0.717, 1.165) is 25.9 Å². The van der Waals surface area contributed by atoms with Gasteiger partial charge >= 0.3 is 0 Å². The average molecular weight is 441 g/mol. The third kappa shape index (κ3) is 4.54. The SMILES string of the molecule is Cl.NC1=NC(Nc2ccc(F)c(Cl)c2)N(c2ccc(F)cc2)C(N2CCCC2)=N1. The van der Waals surface area contributed by atoms with Crippen molar-refractivity contribution in [1.29, 1.82) is 0 Å². The number of aliphatic imine (C=N–C) groups is 2. The second-order valence-corrected chi connectivity index (χ2v) is 6.99. The summed E-state index contributed by atoms with van der Waals surface area (Å²) < 4.78 is 27.0. The first-order valence-corrected chi connectivity index (χ1v) is 9.32. The van der Waals surface area contributed by atoms with Crippen molar-refractivity contribution in [1.82, 2.24) is 4.90 Å². The minimum atomic E-state index is -0.653. The predicted octanol–water partition coefficient (Wildman–Crippen LogP) is 4.02. The Balaban J connectivity index is 0.00000240. The molecule has 2 aromatic carbocycles. The lowest BCUT2D eigenvalue weighted by Crippen LogP contribution is -2.54. The summed E-state index contributed by atoms with van der Waals surface area (Å²) in [7, 11) is 0. The Labute approximate surface area is 178 Å². The molecule has 2 heterocycles. The fourth-order valence-electron chi connectivity index (χ4n) is 3.31. The van der Waals surface area contributed by atoms with E-state index in [2.05, 4.69) is 20.2 Å². The van der Waals surface area contributed by atoms with Gasteiger partial charge in [0.1, 0.15) is 11.6 Å². The Kier molecular flexibility index (Phi) is 6.44. The number of hydrogen-bond donors (Lipinski definition) is 2. The Morgan fingerprint density at radius 3 is 2.41 bits per heavy atom. The van der Waals surface area contributed by atoms with Crippen LogP contribution in [0.15, 0.2) is 52.4 Å². The molecule has 0 radical (unpaired) electrons. The lowest BCUT2D eigenvalue weighted by Gasteiger charge is -2.38. The van der Waals surface area contributed by atoms with E-state index in [-0.39, 0.29) is 29.2 Å². The van der Waals surface area contributed by atoms with Crippen LogP contribution in [0.4, 0.5) is 20.2 Å². The molecule has 0 spiro atoms. The number of anilines is 2. The molecule has 1 atom stereocenters. The van der Waals surface area contributed by atoms with Gasteiger partial charge in [-0.1, -0.05) is 11.6 Å². The lowest BCUT2D eigenvalue weighted by atomic mass is 10.2. The Morgan fingerprint density at radius 2 is 1.76 bits per heavy atom. The normalized spacial score (nSPS) is 18.8. The predicted molar refractivity (Wildman–Crippen MR) is 115 cm³/mol. The number of nitrogens with zero attached hydrogens (tertiary/aromatic N) is 4. The van der Waals surface area contributed by atoms with Gasteiger partial charge < -0.3 is 16.0 Å². The largest absolute Gasteiger partial charge is 0.368 e. The zero-order valence-corrected chi connectivity index (χ0v) is 16.9. The van der Waals surface area contributed by atoms with Crippen molar-refractivity contribution in [3.8, 4) is 0 Å². The molecular weight excluding hydrogens is 421 g/mol. The molecule has 29 heavy (non-hydrogen) atoms. The summed E-state index contributed by atoms with van der Waals surface area (Å²) in [4.78, 5) is 12.8.